The van der Waals surface area contributed by atoms with Crippen LogP contribution < -0.4 is 0 Å². The number of esters is 1. The zero-order valence-electron chi connectivity index (χ0n) is 14.2. The van der Waals surface area contributed by atoms with Gasteiger partial charge in [0, 0.05) is 6.42 Å². The van der Waals surface area contributed by atoms with Gasteiger partial charge in [-0.3, -0.25) is 4.79 Å². The molecule has 0 heterocycles. The number of carbonyl (C=O) groups excluding carboxylic acids is 1. The van der Waals surface area contributed by atoms with Crippen molar-refractivity contribution >= 4 is 17.3 Å². The SMILES string of the molecule is CCCCCCCCCC(=O)OCCCCCC.O=S([O-])O. The van der Waals surface area contributed by atoms with Crippen molar-refractivity contribution in [3.05, 3.63) is 0 Å². The van der Waals surface area contributed by atoms with E-state index in [4.69, 9.17) is 18.1 Å². The van der Waals surface area contributed by atoms with Crippen LogP contribution in [0.5, 0.6) is 0 Å². The molecule has 0 aliphatic rings. The van der Waals surface area contributed by atoms with Crippen LogP contribution in [0.25, 0.3) is 0 Å². The molecular formula is C16H33O5S-. The van der Waals surface area contributed by atoms with E-state index in [9.17, 15) is 4.79 Å². The Hall–Kier alpha value is -0.460. The Balaban J connectivity index is 0. The standard InChI is InChI=1S/C16H32O2.H2O3S/c1-3-5-7-9-10-11-12-14-16(17)18-15-13-8-6-4-2;1-4(2)3/h3-15H2,1-2H3;(H2,1,2,3)/p-1. The third-order valence-electron chi connectivity index (χ3n) is 3.25. The highest BCUT2D eigenvalue weighted by Gasteiger charge is 2.02. The molecule has 0 aromatic carbocycles. The van der Waals surface area contributed by atoms with Gasteiger partial charge in [-0.05, 0) is 12.8 Å². The van der Waals surface area contributed by atoms with Gasteiger partial charge < -0.3 is 13.8 Å². The molecule has 0 aliphatic carbocycles. The number of hydrogen-bond acceptors (Lipinski definition) is 4. The minimum atomic E-state index is -2.86. The van der Waals surface area contributed by atoms with Crippen LogP contribution in [0.4, 0.5) is 0 Å². The van der Waals surface area contributed by atoms with Gasteiger partial charge in [-0.15, -0.1) is 0 Å². The molecule has 0 amide bonds. The molecule has 5 nitrogen and oxygen atoms in total. The van der Waals surface area contributed by atoms with Crippen LogP contribution in [0.3, 0.4) is 0 Å². The fourth-order valence-corrected chi connectivity index (χ4v) is 2.01. The number of rotatable bonds is 13. The Morgan fingerprint density at radius 2 is 1.32 bits per heavy atom. The molecule has 0 aromatic rings. The summed E-state index contributed by atoms with van der Waals surface area (Å²) in [7, 11) is 0. The van der Waals surface area contributed by atoms with E-state index in [0.717, 1.165) is 12.8 Å². The molecule has 0 fully saturated rings. The quantitative estimate of drug-likeness (QED) is 0.302. The highest BCUT2D eigenvalue weighted by atomic mass is 32.2. The molecule has 0 rings (SSSR count). The molecule has 22 heavy (non-hydrogen) atoms. The first-order chi connectivity index (χ1) is 10.5. The zero-order chi connectivity index (χ0) is 17.1. The first-order valence-electron chi connectivity index (χ1n) is 8.48. The summed E-state index contributed by atoms with van der Waals surface area (Å²) in [5, 5.41) is 0. The molecule has 1 atom stereocenters. The van der Waals surface area contributed by atoms with Crippen LogP contribution >= 0.6 is 0 Å². The maximum atomic E-state index is 11.4. The zero-order valence-corrected chi connectivity index (χ0v) is 15.0. The molecule has 0 aromatic heterocycles. The number of carbonyl (C=O) groups is 1. The second-order valence-corrected chi connectivity index (χ2v) is 5.80. The van der Waals surface area contributed by atoms with Crippen molar-refractivity contribution in [2.75, 3.05) is 6.61 Å². The maximum Gasteiger partial charge on any atom is 0.305 e. The molecule has 0 aliphatic heterocycles. The minimum Gasteiger partial charge on any atom is -0.750 e. The molecule has 0 saturated carbocycles. The van der Waals surface area contributed by atoms with Crippen molar-refractivity contribution in [1.82, 2.24) is 0 Å². The van der Waals surface area contributed by atoms with E-state index < -0.39 is 11.4 Å². The molecule has 6 heteroatoms. The Morgan fingerprint density at radius 1 is 0.909 bits per heavy atom. The Bertz CT molecular complexity index is 255. The van der Waals surface area contributed by atoms with Crippen LogP contribution in [0.15, 0.2) is 0 Å². The second kappa shape index (κ2) is 20.5. The van der Waals surface area contributed by atoms with Crippen LogP contribution in [-0.4, -0.2) is 25.9 Å². The van der Waals surface area contributed by atoms with Gasteiger partial charge in [-0.2, -0.15) is 0 Å². The van der Waals surface area contributed by atoms with E-state index in [-0.39, 0.29) is 5.97 Å². The molecule has 0 radical (unpaired) electrons. The van der Waals surface area contributed by atoms with E-state index in [1.165, 1.54) is 57.8 Å². The third kappa shape index (κ3) is 27.8. The van der Waals surface area contributed by atoms with Gasteiger partial charge in [0.2, 0.25) is 0 Å². The van der Waals surface area contributed by atoms with Gasteiger partial charge in [0.1, 0.15) is 0 Å². The van der Waals surface area contributed by atoms with Crippen molar-refractivity contribution in [1.29, 1.82) is 0 Å². The average Bonchev–Trinajstić information content (AvgIpc) is 2.45. The normalized spacial score (nSPS) is 11.5. The van der Waals surface area contributed by atoms with E-state index in [0.29, 0.717) is 13.0 Å². The summed E-state index contributed by atoms with van der Waals surface area (Å²) in [6.45, 7) is 5.04. The van der Waals surface area contributed by atoms with Crippen molar-refractivity contribution in [2.45, 2.75) is 90.9 Å². The maximum absolute atomic E-state index is 11.4. The Kier molecular flexibility index (Phi) is 22.2. The smallest absolute Gasteiger partial charge is 0.305 e. The van der Waals surface area contributed by atoms with Gasteiger partial charge in [-0.1, -0.05) is 71.6 Å². The van der Waals surface area contributed by atoms with Crippen LogP contribution in [-0.2, 0) is 20.9 Å². The molecule has 0 spiro atoms. The summed E-state index contributed by atoms with van der Waals surface area (Å²) in [5.74, 6) is 0.0000525. The summed E-state index contributed by atoms with van der Waals surface area (Å²) in [5.41, 5.74) is 0. The Morgan fingerprint density at radius 3 is 1.82 bits per heavy atom. The predicted octanol–water partition coefficient (Wildman–Crippen LogP) is 4.59. The first kappa shape index (κ1) is 23.8. The minimum absolute atomic E-state index is 0.0000525. The molecule has 1 N–H and O–H groups in total. The summed E-state index contributed by atoms with van der Waals surface area (Å²) in [4.78, 5) is 11.4. The van der Waals surface area contributed by atoms with Crippen molar-refractivity contribution in [3.63, 3.8) is 0 Å². The van der Waals surface area contributed by atoms with Gasteiger partial charge >= 0.3 is 5.97 Å². The highest BCUT2D eigenvalue weighted by Crippen LogP contribution is 2.09. The number of ether oxygens (including phenoxy) is 1. The topological polar surface area (TPSA) is 86.7 Å². The van der Waals surface area contributed by atoms with Crippen molar-refractivity contribution < 1.29 is 22.8 Å². The lowest BCUT2D eigenvalue weighted by molar-refractivity contribution is -0.143. The monoisotopic (exact) mass is 337 g/mol. The van der Waals surface area contributed by atoms with Crippen molar-refractivity contribution in [3.8, 4) is 0 Å². The molecule has 1 unspecified atom stereocenters. The molecule has 0 saturated heterocycles. The fraction of sp³-hybridized carbons (Fsp3) is 0.938. The van der Waals surface area contributed by atoms with Gasteiger partial charge in [0.05, 0.1) is 18.0 Å². The fourth-order valence-electron chi connectivity index (χ4n) is 2.01. The molecule has 134 valence electrons. The first-order valence-corrected chi connectivity index (χ1v) is 9.51. The summed E-state index contributed by atoms with van der Waals surface area (Å²) < 4.78 is 29.3. The lowest BCUT2D eigenvalue weighted by Gasteiger charge is -2.04. The highest BCUT2D eigenvalue weighted by molar-refractivity contribution is 7.73. The van der Waals surface area contributed by atoms with Crippen LogP contribution in [0, 0.1) is 0 Å². The van der Waals surface area contributed by atoms with E-state index in [1.807, 2.05) is 0 Å². The number of unbranched alkanes of at least 4 members (excludes halogenated alkanes) is 9. The summed E-state index contributed by atoms with van der Waals surface area (Å²) in [6, 6.07) is 0. The largest absolute Gasteiger partial charge is 0.750 e. The average molecular weight is 338 g/mol. The van der Waals surface area contributed by atoms with Gasteiger partial charge in [0.15, 0.2) is 0 Å². The van der Waals surface area contributed by atoms with E-state index in [1.54, 1.807) is 0 Å². The van der Waals surface area contributed by atoms with Gasteiger partial charge in [0.25, 0.3) is 0 Å². The van der Waals surface area contributed by atoms with Crippen LogP contribution in [0.1, 0.15) is 90.9 Å². The molecule has 0 bridgehead atoms. The second-order valence-electron chi connectivity index (χ2n) is 5.37. The Labute approximate surface area is 138 Å². The summed E-state index contributed by atoms with van der Waals surface area (Å²) in [6.07, 6.45) is 14.0. The van der Waals surface area contributed by atoms with E-state index >= 15 is 0 Å². The van der Waals surface area contributed by atoms with Gasteiger partial charge in [-0.25, -0.2) is 4.21 Å². The summed E-state index contributed by atoms with van der Waals surface area (Å²) >= 11 is -2.86. The van der Waals surface area contributed by atoms with E-state index in [2.05, 4.69) is 13.8 Å². The lowest BCUT2D eigenvalue weighted by Crippen LogP contribution is -2.05. The molecular weight excluding hydrogens is 304 g/mol. The third-order valence-corrected chi connectivity index (χ3v) is 3.25. The number of hydrogen-bond donors (Lipinski definition) is 1. The predicted molar refractivity (Wildman–Crippen MR) is 89.3 cm³/mol. The lowest BCUT2D eigenvalue weighted by atomic mass is 10.1. The van der Waals surface area contributed by atoms with Crippen LogP contribution in [0.2, 0.25) is 0 Å². The van der Waals surface area contributed by atoms with Crippen molar-refractivity contribution in [2.24, 2.45) is 0 Å².